The topological polar surface area (TPSA) is 52.8 Å². The Bertz CT molecular complexity index is 615. The van der Waals surface area contributed by atoms with E-state index in [4.69, 9.17) is 4.42 Å². The van der Waals surface area contributed by atoms with Crippen LogP contribution in [0.3, 0.4) is 0 Å². The molecule has 118 valence electrons. The number of nitrogens with zero attached hydrogens (tertiary/aromatic N) is 4. The number of rotatable bonds is 3. The van der Waals surface area contributed by atoms with Crippen molar-refractivity contribution in [3.8, 4) is 10.8 Å². The summed E-state index contributed by atoms with van der Waals surface area (Å²) in [4.78, 5) is 23.3. The lowest BCUT2D eigenvalue weighted by Crippen LogP contribution is -2.51. The molecule has 2 amide bonds. The van der Waals surface area contributed by atoms with Gasteiger partial charge >= 0.3 is 6.03 Å². The van der Waals surface area contributed by atoms with Gasteiger partial charge in [-0.25, -0.2) is 9.78 Å². The Morgan fingerprint density at radius 3 is 2.77 bits per heavy atom. The summed E-state index contributed by atoms with van der Waals surface area (Å²) < 4.78 is 5.54. The van der Waals surface area contributed by atoms with Gasteiger partial charge in [0.2, 0.25) is 5.89 Å². The first kappa shape index (κ1) is 15.1. The molecule has 0 radical (unpaired) electrons. The van der Waals surface area contributed by atoms with Crippen LogP contribution < -0.4 is 0 Å². The number of amides is 2. The van der Waals surface area contributed by atoms with Gasteiger partial charge in [0.25, 0.3) is 0 Å². The fourth-order valence-electron chi connectivity index (χ4n) is 2.50. The molecule has 22 heavy (non-hydrogen) atoms. The molecular weight excluding hydrogens is 300 g/mol. The fraction of sp³-hybridized carbons (Fsp3) is 0.467. The fourth-order valence-corrected chi connectivity index (χ4v) is 3.16. The summed E-state index contributed by atoms with van der Waals surface area (Å²) in [6, 6.07) is 4.08. The maximum Gasteiger partial charge on any atom is 0.319 e. The van der Waals surface area contributed by atoms with E-state index < -0.39 is 0 Å². The highest BCUT2D eigenvalue weighted by atomic mass is 32.1. The van der Waals surface area contributed by atoms with Crippen molar-refractivity contribution < 1.29 is 9.21 Å². The minimum atomic E-state index is 0.0843. The lowest BCUT2D eigenvalue weighted by molar-refractivity contribution is 0.119. The minimum Gasteiger partial charge on any atom is -0.444 e. The van der Waals surface area contributed by atoms with Gasteiger partial charge in [0.05, 0.1) is 10.6 Å². The summed E-state index contributed by atoms with van der Waals surface area (Å²) in [5.74, 6) is 0.687. The van der Waals surface area contributed by atoms with Crippen LogP contribution in [-0.4, -0.2) is 66.0 Å². The molecule has 0 saturated carbocycles. The second-order valence-electron chi connectivity index (χ2n) is 5.56. The Morgan fingerprint density at radius 2 is 2.14 bits per heavy atom. The quantitative estimate of drug-likeness (QED) is 0.870. The number of hydrogen-bond donors (Lipinski definition) is 0. The first-order valence-corrected chi connectivity index (χ1v) is 8.18. The average molecular weight is 320 g/mol. The van der Waals surface area contributed by atoms with Gasteiger partial charge in [0.15, 0.2) is 0 Å². The highest BCUT2D eigenvalue weighted by molar-refractivity contribution is 7.13. The van der Waals surface area contributed by atoms with Gasteiger partial charge in [-0.2, -0.15) is 0 Å². The Labute approximate surface area is 133 Å². The molecule has 0 unspecified atom stereocenters. The van der Waals surface area contributed by atoms with Crippen LogP contribution in [0.1, 0.15) is 5.69 Å². The van der Waals surface area contributed by atoms with Crippen molar-refractivity contribution in [3.05, 3.63) is 29.5 Å². The molecule has 2 aromatic rings. The van der Waals surface area contributed by atoms with E-state index in [0.29, 0.717) is 5.89 Å². The molecule has 0 spiro atoms. The van der Waals surface area contributed by atoms with Gasteiger partial charge in [-0.05, 0) is 11.4 Å². The number of hydrogen-bond acceptors (Lipinski definition) is 5. The number of piperazine rings is 1. The van der Waals surface area contributed by atoms with Gasteiger partial charge < -0.3 is 14.2 Å². The van der Waals surface area contributed by atoms with E-state index in [0.717, 1.165) is 43.3 Å². The Kier molecular flexibility index (Phi) is 4.44. The largest absolute Gasteiger partial charge is 0.444 e. The predicted molar refractivity (Wildman–Crippen MR) is 85.7 cm³/mol. The molecule has 7 heteroatoms. The number of oxazole rings is 1. The molecule has 3 heterocycles. The second kappa shape index (κ2) is 6.50. The maximum absolute atomic E-state index is 11.9. The molecule has 0 aromatic carbocycles. The average Bonchev–Trinajstić information content (AvgIpc) is 3.18. The SMILES string of the molecule is CN(C)C(=O)N1CCN(Cc2coc(-c3cccs3)n2)CC1. The monoisotopic (exact) mass is 320 g/mol. The molecule has 1 fully saturated rings. The highest BCUT2D eigenvalue weighted by Crippen LogP contribution is 2.24. The number of carbonyl (C=O) groups is 1. The van der Waals surface area contributed by atoms with Crippen molar-refractivity contribution in [2.24, 2.45) is 0 Å². The molecule has 0 aliphatic carbocycles. The van der Waals surface area contributed by atoms with Gasteiger partial charge in [-0.1, -0.05) is 6.07 Å². The summed E-state index contributed by atoms with van der Waals surface area (Å²) in [7, 11) is 3.58. The molecule has 0 N–H and O–H groups in total. The van der Waals surface area contributed by atoms with Crippen LogP contribution in [0.4, 0.5) is 4.79 Å². The minimum absolute atomic E-state index is 0.0843. The molecular formula is C15H20N4O2S. The zero-order valence-electron chi connectivity index (χ0n) is 12.9. The normalized spacial score (nSPS) is 16.0. The van der Waals surface area contributed by atoms with Gasteiger partial charge in [-0.15, -0.1) is 11.3 Å². The summed E-state index contributed by atoms with van der Waals surface area (Å²) in [6.07, 6.45) is 1.73. The highest BCUT2D eigenvalue weighted by Gasteiger charge is 2.22. The van der Waals surface area contributed by atoms with Crippen LogP contribution >= 0.6 is 11.3 Å². The van der Waals surface area contributed by atoms with E-state index >= 15 is 0 Å². The third-order valence-corrected chi connectivity index (χ3v) is 4.55. The Balaban J connectivity index is 1.54. The van der Waals surface area contributed by atoms with Crippen molar-refractivity contribution in [3.63, 3.8) is 0 Å². The van der Waals surface area contributed by atoms with E-state index in [2.05, 4.69) is 9.88 Å². The first-order valence-electron chi connectivity index (χ1n) is 7.30. The van der Waals surface area contributed by atoms with Crippen LogP contribution in [0.5, 0.6) is 0 Å². The van der Waals surface area contributed by atoms with Gasteiger partial charge in [0.1, 0.15) is 6.26 Å². The number of carbonyl (C=O) groups excluding carboxylic acids is 1. The third-order valence-electron chi connectivity index (χ3n) is 3.69. The van der Waals surface area contributed by atoms with E-state index in [9.17, 15) is 4.79 Å². The van der Waals surface area contributed by atoms with Crippen LogP contribution in [0.2, 0.25) is 0 Å². The summed E-state index contributed by atoms with van der Waals surface area (Å²) >= 11 is 1.62. The standard InChI is InChI=1S/C15H20N4O2S/c1-17(2)15(20)19-7-5-18(6-8-19)10-12-11-21-14(16-12)13-4-3-9-22-13/h3-4,9,11H,5-8,10H2,1-2H3. The van der Waals surface area contributed by atoms with Crippen molar-refractivity contribution in [1.82, 2.24) is 19.7 Å². The maximum atomic E-state index is 11.9. The molecule has 1 aliphatic heterocycles. The zero-order valence-corrected chi connectivity index (χ0v) is 13.7. The van der Waals surface area contributed by atoms with E-state index in [1.165, 1.54) is 0 Å². The Hall–Kier alpha value is -1.86. The molecule has 0 atom stereocenters. The van der Waals surface area contributed by atoms with Crippen LogP contribution in [0.15, 0.2) is 28.2 Å². The van der Waals surface area contributed by atoms with Gasteiger partial charge in [0, 0.05) is 46.8 Å². The number of urea groups is 1. The van der Waals surface area contributed by atoms with Gasteiger partial charge in [-0.3, -0.25) is 4.90 Å². The van der Waals surface area contributed by atoms with Crippen molar-refractivity contribution in [2.45, 2.75) is 6.54 Å². The number of thiophene rings is 1. The molecule has 1 saturated heterocycles. The Morgan fingerprint density at radius 1 is 1.36 bits per heavy atom. The smallest absolute Gasteiger partial charge is 0.319 e. The summed E-state index contributed by atoms with van der Waals surface area (Å²) in [6.45, 7) is 4.00. The third kappa shape index (κ3) is 3.31. The zero-order chi connectivity index (χ0) is 15.5. The van der Waals surface area contributed by atoms with Crippen LogP contribution in [-0.2, 0) is 6.54 Å². The summed E-state index contributed by atoms with van der Waals surface area (Å²) in [5, 5.41) is 2.01. The molecule has 3 rings (SSSR count). The molecule has 0 bridgehead atoms. The second-order valence-corrected chi connectivity index (χ2v) is 6.51. The van der Waals surface area contributed by atoms with Crippen LogP contribution in [0, 0.1) is 0 Å². The number of aromatic nitrogens is 1. The van der Waals surface area contributed by atoms with E-state index in [1.807, 2.05) is 22.4 Å². The lowest BCUT2D eigenvalue weighted by atomic mass is 10.3. The van der Waals surface area contributed by atoms with Crippen molar-refractivity contribution >= 4 is 17.4 Å². The van der Waals surface area contributed by atoms with E-state index in [-0.39, 0.29) is 6.03 Å². The molecule has 2 aromatic heterocycles. The van der Waals surface area contributed by atoms with Crippen molar-refractivity contribution in [2.75, 3.05) is 40.3 Å². The summed E-state index contributed by atoms with van der Waals surface area (Å²) in [5.41, 5.74) is 0.941. The van der Waals surface area contributed by atoms with Crippen molar-refractivity contribution in [1.29, 1.82) is 0 Å². The lowest BCUT2D eigenvalue weighted by Gasteiger charge is -2.35. The van der Waals surface area contributed by atoms with Crippen LogP contribution in [0.25, 0.3) is 10.8 Å². The molecule has 1 aliphatic rings. The first-order chi connectivity index (χ1) is 10.6. The molecule has 6 nitrogen and oxygen atoms in total. The van der Waals surface area contributed by atoms with E-state index in [1.54, 1.807) is 36.6 Å². The predicted octanol–water partition coefficient (Wildman–Crippen LogP) is 2.20.